The molecule has 0 saturated heterocycles. The Morgan fingerprint density at radius 1 is 1.44 bits per heavy atom. The fourth-order valence-corrected chi connectivity index (χ4v) is 0.985. The number of hydrogen-bond donors (Lipinski definition) is 1. The summed E-state index contributed by atoms with van der Waals surface area (Å²) in [7, 11) is 1.62. The zero-order chi connectivity index (χ0) is 11.6. The molecule has 0 bridgehead atoms. The van der Waals surface area contributed by atoms with Gasteiger partial charge in [0.2, 0.25) is 0 Å². The highest BCUT2D eigenvalue weighted by Gasteiger charge is 2.02. The Hall–Kier alpha value is -1.69. The van der Waals surface area contributed by atoms with Crippen molar-refractivity contribution in [3.63, 3.8) is 0 Å². The summed E-state index contributed by atoms with van der Waals surface area (Å²) in [6.07, 6.45) is 3.89. The van der Waals surface area contributed by atoms with Crippen LogP contribution in [-0.4, -0.2) is 42.7 Å². The molecule has 0 atom stereocenters. The van der Waals surface area contributed by atoms with Crippen LogP contribution < -0.4 is 10.1 Å². The van der Waals surface area contributed by atoms with Crippen LogP contribution in [0.15, 0.2) is 18.5 Å². The predicted molar refractivity (Wildman–Crippen MR) is 57.0 cm³/mol. The van der Waals surface area contributed by atoms with Gasteiger partial charge in [-0.15, -0.1) is 0 Å². The number of carbonyl (C=O) groups excluding carboxylic acids is 1. The quantitative estimate of drug-likeness (QED) is 0.662. The second kappa shape index (κ2) is 7.58. The highest BCUT2D eigenvalue weighted by Crippen LogP contribution is 1.96. The molecule has 0 radical (unpaired) electrons. The lowest BCUT2D eigenvalue weighted by atomic mass is 10.4. The highest BCUT2D eigenvalue weighted by molar-refractivity contribution is 5.77. The van der Waals surface area contributed by atoms with E-state index in [1.807, 2.05) is 0 Å². The zero-order valence-corrected chi connectivity index (χ0v) is 9.18. The molecule has 16 heavy (non-hydrogen) atoms. The third-order valence-corrected chi connectivity index (χ3v) is 1.72. The smallest absolute Gasteiger partial charge is 0.316 e. The summed E-state index contributed by atoms with van der Waals surface area (Å²) in [5.41, 5.74) is 0. The van der Waals surface area contributed by atoms with E-state index in [9.17, 15) is 4.79 Å². The molecule has 0 aromatic carbocycles. The Balaban J connectivity index is 2.11. The Morgan fingerprint density at radius 2 is 2.19 bits per heavy atom. The largest absolute Gasteiger partial charge is 0.453 e. The van der Waals surface area contributed by atoms with Crippen LogP contribution in [0.3, 0.4) is 0 Å². The van der Waals surface area contributed by atoms with E-state index in [1.54, 1.807) is 25.6 Å². The van der Waals surface area contributed by atoms with Crippen LogP contribution in [0, 0.1) is 0 Å². The number of hydrogen-bond acceptors (Lipinski definition) is 5. The zero-order valence-electron chi connectivity index (χ0n) is 9.18. The summed E-state index contributed by atoms with van der Waals surface area (Å²) in [6.45, 7) is 1.13. The van der Waals surface area contributed by atoms with Crippen LogP contribution in [0.2, 0.25) is 0 Å². The predicted octanol–water partition coefficient (Wildman–Crippen LogP) is 0.00810. The van der Waals surface area contributed by atoms with E-state index < -0.39 is 0 Å². The van der Waals surface area contributed by atoms with Crippen LogP contribution in [0.1, 0.15) is 6.42 Å². The number of rotatable bonds is 7. The van der Waals surface area contributed by atoms with E-state index in [2.05, 4.69) is 15.3 Å². The number of nitrogens with zero attached hydrogens (tertiary/aromatic N) is 2. The van der Waals surface area contributed by atoms with Gasteiger partial charge in [0.15, 0.2) is 6.61 Å². The molecule has 1 amide bonds. The van der Waals surface area contributed by atoms with Gasteiger partial charge in [-0.25, -0.2) is 9.97 Å². The van der Waals surface area contributed by atoms with Crippen LogP contribution in [0.25, 0.3) is 0 Å². The third-order valence-electron chi connectivity index (χ3n) is 1.72. The second-order valence-electron chi connectivity index (χ2n) is 3.02. The second-order valence-corrected chi connectivity index (χ2v) is 3.02. The minimum Gasteiger partial charge on any atom is -0.453 e. The maximum Gasteiger partial charge on any atom is 0.316 e. The minimum absolute atomic E-state index is 0.0724. The fraction of sp³-hybridized carbons (Fsp3) is 0.500. The lowest BCUT2D eigenvalue weighted by Crippen LogP contribution is -2.30. The standard InChI is InChI=1S/C10H15N3O3/c1-15-7-3-6-11-9(14)8-16-10-12-4-2-5-13-10/h2,4-5H,3,6-8H2,1H3,(H,11,14). The molecule has 1 aromatic heterocycles. The van der Waals surface area contributed by atoms with E-state index in [-0.39, 0.29) is 18.5 Å². The van der Waals surface area contributed by atoms with Crippen molar-refractivity contribution in [3.05, 3.63) is 18.5 Å². The number of aromatic nitrogens is 2. The Labute approximate surface area is 94.0 Å². The van der Waals surface area contributed by atoms with Gasteiger partial charge >= 0.3 is 6.01 Å². The fourth-order valence-electron chi connectivity index (χ4n) is 0.985. The van der Waals surface area contributed by atoms with Gasteiger partial charge in [0.05, 0.1) is 0 Å². The average molecular weight is 225 g/mol. The summed E-state index contributed by atoms with van der Waals surface area (Å²) >= 11 is 0. The molecule has 1 N–H and O–H groups in total. The number of amides is 1. The maximum absolute atomic E-state index is 11.2. The lowest BCUT2D eigenvalue weighted by molar-refractivity contribution is -0.123. The Morgan fingerprint density at radius 3 is 2.88 bits per heavy atom. The SMILES string of the molecule is COCCCNC(=O)COc1ncccn1. The van der Waals surface area contributed by atoms with Crippen molar-refractivity contribution in [2.24, 2.45) is 0 Å². The Kier molecular flexibility index (Phi) is 5.87. The molecule has 88 valence electrons. The van der Waals surface area contributed by atoms with E-state index in [0.717, 1.165) is 6.42 Å². The van der Waals surface area contributed by atoms with Crippen molar-refractivity contribution in [2.75, 3.05) is 26.9 Å². The molecule has 0 aliphatic heterocycles. The highest BCUT2D eigenvalue weighted by atomic mass is 16.5. The molecule has 0 saturated carbocycles. The molecule has 1 aromatic rings. The van der Waals surface area contributed by atoms with Crippen molar-refractivity contribution in [1.82, 2.24) is 15.3 Å². The summed E-state index contributed by atoms with van der Waals surface area (Å²) < 4.78 is 9.91. The first-order valence-electron chi connectivity index (χ1n) is 4.98. The van der Waals surface area contributed by atoms with Gasteiger partial charge in [0, 0.05) is 32.7 Å². The van der Waals surface area contributed by atoms with Gasteiger partial charge in [-0.2, -0.15) is 0 Å². The van der Waals surface area contributed by atoms with Crippen molar-refractivity contribution in [2.45, 2.75) is 6.42 Å². The molecular weight excluding hydrogens is 210 g/mol. The summed E-state index contributed by atoms with van der Waals surface area (Å²) in [4.78, 5) is 18.9. The Bertz CT molecular complexity index is 305. The molecular formula is C10H15N3O3. The lowest BCUT2D eigenvalue weighted by Gasteiger charge is -2.05. The number of ether oxygens (including phenoxy) is 2. The molecule has 6 heteroatoms. The minimum atomic E-state index is -0.191. The van der Waals surface area contributed by atoms with Crippen LogP contribution in [0.4, 0.5) is 0 Å². The number of methoxy groups -OCH3 is 1. The normalized spacial score (nSPS) is 9.81. The number of nitrogens with one attached hydrogen (secondary N) is 1. The monoisotopic (exact) mass is 225 g/mol. The van der Waals surface area contributed by atoms with Gasteiger partial charge in [-0.3, -0.25) is 4.79 Å². The first-order valence-corrected chi connectivity index (χ1v) is 4.98. The molecule has 0 fully saturated rings. The van der Waals surface area contributed by atoms with Crippen LogP contribution >= 0.6 is 0 Å². The van der Waals surface area contributed by atoms with Crippen molar-refractivity contribution in [1.29, 1.82) is 0 Å². The van der Waals surface area contributed by atoms with Gasteiger partial charge < -0.3 is 14.8 Å². The van der Waals surface area contributed by atoms with Gasteiger partial charge in [-0.05, 0) is 12.5 Å². The molecule has 0 aliphatic carbocycles. The summed E-state index contributed by atoms with van der Waals surface area (Å²) in [5.74, 6) is -0.191. The first-order chi connectivity index (χ1) is 7.83. The van der Waals surface area contributed by atoms with E-state index in [4.69, 9.17) is 9.47 Å². The van der Waals surface area contributed by atoms with E-state index >= 15 is 0 Å². The van der Waals surface area contributed by atoms with Crippen LogP contribution in [-0.2, 0) is 9.53 Å². The number of carbonyl (C=O) groups is 1. The molecule has 0 spiro atoms. The van der Waals surface area contributed by atoms with Gasteiger partial charge in [0.1, 0.15) is 0 Å². The molecule has 0 unspecified atom stereocenters. The molecule has 6 nitrogen and oxygen atoms in total. The topological polar surface area (TPSA) is 73.3 Å². The summed E-state index contributed by atoms with van der Waals surface area (Å²) in [6, 6.07) is 1.88. The van der Waals surface area contributed by atoms with Crippen molar-refractivity contribution < 1.29 is 14.3 Å². The van der Waals surface area contributed by atoms with Gasteiger partial charge in [-0.1, -0.05) is 0 Å². The first kappa shape index (κ1) is 12.4. The van der Waals surface area contributed by atoms with Crippen molar-refractivity contribution in [3.8, 4) is 6.01 Å². The average Bonchev–Trinajstić information content (AvgIpc) is 2.33. The van der Waals surface area contributed by atoms with Gasteiger partial charge in [0.25, 0.3) is 5.91 Å². The molecule has 0 aliphatic rings. The van der Waals surface area contributed by atoms with E-state index in [1.165, 1.54) is 0 Å². The van der Waals surface area contributed by atoms with Crippen molar-refractivity contribution >= 4 is 5.91 Å². The van der Waals surface area contributed by atoms with Crippen LogP contribution in [0.5, 0.6) is 6.01 Å². The third kappa shape index (κ3) is 5.26. The maximum atomic E-state index is 11.2. The molecule has 1 rings (SSSR count). The molecule has 1 heterocycles. The summed E-state index contributed by atoms with van der Waals surface area (Å²) in [5, 5.41) is 2.69. The van der Waals surface area contributed by atoms with E-state index in [0.29, 0.717) is 13.2 Å².